The Kier molecular flexibility index (Phi) is 7.43. The molecule has 0 fully saturated rings. The normalized spacial score (nSPS) is 14.8. The van der Waals surface area contributed by atoms with Gasteiger partial charge in [0.15, 0.2) is 0 Å². The van der Waals surface area contributed by atoms with Crippen molar-refractivity contribution in [3.8, 4) is 5.69 Å². The van der Waals surface area contributed by atoms with Crippen molar-refractivity contribution in [3.05, 3.63) is 200 Å². The Bertz CT molecular complexity index is 2280. The molecule has 0 unspecified atom stereocenters. The molecule has 5 heteroatoms. The Hall–Kier alpha value is -5.05. The summed E-state index contributed by atoms with van der Waals surface area (Å²) in [5, 5.41) is 11.5. The van der Waals surface area contributed by atoms with Crippen LogP contribution in [0.1, 0.15) is 0 Å². The summed E-state index contributed by atoms with van der Waals surface area (Å²) in [6.07, 6.45) is 0. The first-order valence-corrected chi connectivity index (χ1v) is 23.1. The van der Waals surface area contributed by atoms with Gasteiger partial charge in [0.25, 0.3) is 0 Å². The Morgan fingerprint density at radius 1 is 0.314 bits per heavy atom. The van der Waals surface area contributed by atoms with Gasteiger partial charge in [0, 0.05) is 35.9 Å². The van der Waals surface area contributed by atoms with Crippen LogP contribution in [-0.4, -0.2) is 20.7 Å². The highest BCUT2D eigenvalue weighted by Crippen LogP contribution is 2.45. The molecule has 10 rings (SSSR count). The molecule has 0 atom stereocenters. The minimum absolute atomic E-state index is 1.22. The SMILES string of the molecule is c1ccc(-n2c3c(c4c2[Si](c2ccccc2)(c2ccccc2)c2ccccc2S4)Sc2ccccc2[Si]3(c2ccccc2)c2ccccc2)cc1. The number of hydrogen-bond donors (Lipinski definition) is 0. The number of nitrogens with zero attached hydrogens (tertiary/aromatic N) is 1. The Balaban J connectivity index is 1.48. The van der Waals surface area contributed by atoms with Crippen LogP contribution in [0, 0.1) is 0 Å². The van der Waals surface area contributed by atoms with E-state index < -0.39 is 16.1 Å². The van der Waals surface area contributed by atoms with Crippen LogP contribution < -0.4 is 41.8 Å². The lowest BCUT2D eigenvalue weighted by Crippen LogP contribution is -2.80. The van der Waals surface area contributed by atoms with Crippen LogP contribution in [0.2, 0.25) is 0 Å². The van der Waals surface area contributed by atoms with Gasteiger partial charge in [-0.15, -0.1) is 0 Å². The Morgan fingerprint density at radius 2 is 0.608 bits per heavy atom. The van der Waals surface area contributed by atoms with Gasteiger partial charge in [-0.1, -0.05) is 199 Å². The number of fused-ring (bicyclic) bond motifs is 5. The third-order valence-corrected chi connectivity index (χ3v) is 23.5. The van der Waals surface area contributed by atoms with Crippen LogP contribution >= 0.6 is 23.5 Å². The molecule has 3 heterocycles. The maximum absolute atomic E-state index is 2.94. The average molecular weight is 720 g/mol. The van der Waals surface area contributed by atoms with E-state index in [1.807, 2.05) is 23.5 Å². The van der Waals surface area contributed by atoms with Crippen LogP contribution in [0.25, 0.3) is 5.69 Å². The predicted octanol–water partition coefficient (Wildman–Crippen LogP) is 6.16. The van der Waals surface area contributed by atoms with Gasteiger partial charge >= 0.3 is 0 Å². The molecule has 0 saturated heterocycles. The zero-order chi connectivity index (χ0) is 33.8. The smallest absolute Gasteiger partial charge is 0.202 e. The van der Waals surface area contributed by atoms with Gasteiger partial charge in [0.1, 0.15) is 0 Å². The van der Waals surface area contributed by atoms with Crippen LogP contribution in [0.4, 0.5) is 0 Å². The predicted molar refractivity (Wildman–Crippen MR) is 221 cm³/mol. The molecule has 0 aliphatic carbocycles. The molecule has 0 spiro atoms. The first-order valence-electron chi connectivity index (χ1n) is 17.4. The quantitative estimate of drug-likeness (QED) is 0.197. The zero-order valence-corrected chi connectivity index (χ0v) is 31.4. The molecule has 8 aromatic rings. The number of para-hydroxylation sites is 1. The van der Waals surface area contributed by atoms with E-state index in [1.165, 1.54) is 67.0 Å². The largest absolute Gasteiger partial charge is 0.321 e. The van der Waals surface area contributed by atoms with Gasteiger partial charge in [-0.25, -0.2) is 0 Å². The van der Waals surface area contributed by atoms with Crippen LogP contribution in [0.15, 0.2) is 220 Å². The summed E-state index contributed by atoms with van der Waals surface area (Å²) in [7, 11) is -5.87. The highest BCUT2D eigenvalue weighted by Gasteiger charge is 2.57. The van der Waals surface area contributed by atoms with Gasteiger partial charge in [-0.3, -0.25) is 0 Å². The van der Waals surface area contributed by atoms with Crippen molar-refractivity contribution in [3.63, 3.8) is 0 Å². The van der Waals surface area contributed by atoms with Gasteiger partial charge in [0.2, 0.25) is 16.1 Å². The minimum Gasteiger partial charge on any atom is -0.321 e. The molecule has 7 aromatic carbocycles. The van der Waals surface area contributed by atoms with Crippen molar-refractivity contribution in [2.45, 2.75) is 19.6 Å². The molecule has 0 saturated carbocycles. The fourth-order valence-corrected chi connectivity index (χ4v) is 23.5. The van der Waals surface area contributed by atoms with Gasteiger partial charge < -0.3 is 4.57 Å². The summed E-state index contributed by atoms with van der Waals surface area (Å²) in [6, 6.07) is 75.6. The first-order chi connectivity index (χ1) is 25.3. The summed E-state index contributed by atoms with van der Waals surface area (Å²) >= 11 is 3.97. The zero-order valence-electron chi connectivity index (χ0n) is 27.8. The molecule has 2 aliphatic rings. The molecule has 0 amide bonds. The molecular formula is C46H33NS2Si2. The summed E-state index contributed by atoms with van der Waals surface area (Å²) in [5.74, 6) is 0. The molecule has 0 N–H and O–H groups in total. The van der Waals surface area contributed by atoms with Crippen molar-refractivity contribution in [2.24, 2.45) is 0 Å². The summed E-state index contributed by atoms with van der Waals surface area (Å²) in [5.41, 5.74) is 1.22. The number of aromatic nitrogens is 1. The molecule has 0 bridgehead atoms. The first kappa shape index (κ1) is 30.8. The fraction of sp³-hybridized carbons (Fsp3) is 0. The van der Waals surface area contributed by atoms with E-state index in [2.05, 4.69) is 205 Å². The van der Waals surface area contributed by atoms with E-state index in [1.54, 1.807) is 0 Å². The third kappa shape index (κ3) is 4.42. The second-order valence-corrected chi connectivity index (χ2v) is 22.6. The standard InChI is InChI=1S/C46H33NS2Si2/c1-6-20-34(21-7-1)47-45-43(48-39-30-16-18-32-41(39)50(45,35-22-8-2-9-23-35)36-24-10-3-11-25-36)44-46(47)51(37-26-12-4-13-27-37,38-28-14-5-15-29-38)42-33-19-17-31-40(42)49-44/h1-33H. The fourth-order valence-electron chi connectivity index (χ4n) is 8.69. The van der Waals surface area contributed by atoms with E-state index in [0.29, 0.717) is 0 Å². The van der Waals surface area contributed by atoms with Crippen molar-refractivity contribution in [1.82, 2.24) is 4.57 Å². The topological polar surface area (TPSA) is 4.93 Å². The van der Waals surface area contributed by atoms with E-state index in [-0.39, 0.29) is 0 Å². The lowest BCUT2D eigenvalue weighted by molar-refractivity contribution is 1.13. The van der Waals surface area contributed by atoms with Crippen molar-refractivity contribution >= 4 is 81.4 Å². The summed E-state index contributed by atoms with van der Waals surface area (Å²) in [4.78, 5) is 5.55. The van der Waals surface area contributed by atoms with Gasteiger partial charge in [0.05, 0.1) is 0 Å². The molecular weight excluding hydrogens is 687 g/mol. The molecule has 242 valence electrons. The lowest BCUT2D eigenvalue weighted by Gasteiger charge is -2.41. The van der Waals surface area contributed by atoms with E-state index in [9.17, 15) is 0 Å². The second-order valence-electron chi connectivity index (χ2n) is 13.2. The Morgan fingerprint density at radius 3 is 0.961 bits per heavy atom. The molecule has 51 heavy (non-hydrogen) atoms. The molecule has 2 aliphatic heterocycles. The maximum atomic E-state index is 2.79. The van der Waals surface area contributed by atoms with Crippen LogP contribution in [0.3, 0.4) is 0 Å². The van der Waals surface area contributed by atoms with E-state index >= 15 is 0 Å². The van der Waals surface area contributed by atoms with Crippen molar-refractivity contribution in [1.29, 1.82) is 0 Å². The maximum Gasteiger partial charge on any atom is 0.202 e. The lowest BCUT2D eigenvalue weighted by atomic mass is 10.3. The van der Waals surface area contributed by atoms with Gasteiger partial charge in [-0.2, -0.15) is 0 Å². The Labute approximate surface area is 309 Å². The molecule has 1 nitrogen and oxygen atoms in total. The molecule has 1 aromatic heterocycles. The number of rotatable bonds is 5. The highest BCUT2D eigenvalue weighted by atomic mass is 32.2. The van der Waals surface area contributed by atoms with Crippen molar-refractivity contribution < 1.29 is 0 Å². The van der Waals surface area contributed by atoms with Gasteiger partial charge in [-0.05, 0) is 55.4 Å². The minimum atomic E-state index is -2.94. The summed E-state index contributed by atoms with van der Waals surface area (Å²) < 4.78 is 2.79. The summed E-state index contributed by atoms with van der Waals surface area (Å²) in [6.45, 7) is 0. The number of hydrogen-bond acceptors (Lipinski definition) is 2. The van der Waals surface area contributed by atoms with Crippen LogP contribution in [-0.2, 0) is 0 Å². The number of benzene rings is 7. The average Bonchev–Trinajstić information content (AvgIpc) is 3.54. The highest BCUT2D eigenvalue weighted by molar-refractivity contribution is 8.03. The van der Waals surface area contributed by atoms with E-state index in [0.717, 1.165) is 0 Å². The van der Waals surface area contributed by atoms with Crippen molar-refractivity contribution in [2.75, 3.05) is 0 Å². The third-order valence-electron chi connectivity index (χ3n) is 10.6. The van der Waals surface area contributed by atoms with E-state index in [4.69, 9.17) is 0 Å². The second kappa shape index (κ2) is 12.3. The van der Waals surface area contributed by atoms with Crippen LogP contribution in [0.5, 0.6) is 0 Å². The molecule has 0 radical (unpaired) electrons. The monoisotopic (exact) mass is 719 g/mol.